The quantitative estimate of drug-likeness (QED) is 0.733. The lowest BCUT2D eigenvalue weighted by Crippen LogP contribution is -2.25. The first-order chi connectivity index (χ1) is 7.54. The molecule has 88 valence electrons. The summed E-state index contributed by atoms with van der Waals surface area (Å²) in [6.07, 6.45) is -0.771. The van der Waals surface area contributed by atoms with Crippen LogP contribution < -0.4 is 5.32 Å². The van der Waals surface area contributed by atoms with Gasteiger partial charge in [-0.2, -0.15) is 0 Å². The van der Waals surface area contributed by atoms with Gasteiger partial charge < -0.3 is 15.5 Å². The summed E-state index contributed by atoms with van der Waals surface area (Å²) >= 11 is 0. The van der Waals surface area contributed by atoms with Crippen LogP contribution in [0.15, 0.2) is 18.2 Å². The molecule has 0 aliphatic rings. The van der Waals surface area contributed by atoms with Crippen LogP contribution in [0.25, 0.3) is 0 Å². The van der Waals surface area contributed by atoms with Crippen molar-refractivity contribution in [1.82, 2.24) is 5.32 Å². The lowest BCUT2D eigenvalue weighted by molar-refractivity contribution is 0.190. The van der Waals surface area contributed by atoms with E-state index in [0.29, 0.717) is 6.42 Å². The largest absolute Gasteiger partial charge is 0.465 e. The summed E-state index contributed by atoms with van der Waals surface area (Å²) in [6.45, 7) is 1.54. The molecule has 1 aromatic carbocycles. The van der Waals surface area contributed by atoms with Crippen LogP contribution in [0, 0.1) is 5.82 Å². The van der Waals surface area contributed by atoms with Gasteiger partial charge in [-0.05, 0) is 25.0 Å². The Morgan fingerprint density at radius 3 is 2.81 bits per heavy atom. The number of carboxylic acid groups (broad SMARTS) is 1. The van der Waals surface area contributed by atoms with E-state index in [0.717, 1.165) is 5.56 Å². The molecule has 1 atom stereocenters. The van der Waals surface area contributed by atoms with E-state index in [2.05, 4.69) is 5.32 Å². The summed E-state index contributed by atoms with van der Waals surface area (Å²) in [5, 5.41) is 19.5. The highest BCUT2D eigenvalue weighted by atomic mass is 19.1. The highest BCUT2D eigenvalue weighted by molar-refractivity contribution is 5.65. The van der Waals surface area contributed by atoms with Crippen LogP contribution in [-0.4, -0.2) is 22.9 Å². The zero-order chi connectivity index (χ0) is 12.1. The maximum Gasteiger partial charge on any atom is 0.405 e. The minimum absolute atomic E-state index is 0.0220. The molecular weight excluding hydrogens is 213 g/mol. The molecule has 0 aromatic heterocycles. The van der Waals surface area contributed by atoms with Gasteiger partial charge in [-0.15, -0.1) is 0 Å². The molecule has 1 aromatic rings. The molecule has 0 heterocycles. The molecule has 16 heavy (non-hydrogen) atoms. The molecular formula is C11H14FNO3. The first-order valence-electron chi connectivity index (χ1n) is 4.93. The summed E-state index contributed by atoms with van der Waals surface area (Å²) < 4.78 is 13.4. The minimum Gasteiger partial charge on any atom is -0.465 e. The summed E-state index contributed by atoms with van der Waals surface area (Å²) in [7, 11) is 0. The average Bonchev–Trinajstić information content (AvgIpc) is 2.20. The van der Waals surface area contributed by atoms with Gasteiger partial charge in [0.1, 0.15) is 5.82 Å². The van der Waals surface area contributed by atoms with Gasteiger partial charge in [-0.1, -0.05) is 12.1 Å². The van der Waals surface area contributed by atoms with Gasteiger partial charge in [0, 0.05) is 12.2 Å². The summed E-state index contributed by atoms with van der Waals surface area (Å²) in [6, 6.07) is 3.80. The second kappa shape index (κ2) is 5.46. The lowest BCUT2D eigenvalue weighted by atomic mass is 10.0. The Kier molecular flexibility index (Phi) is 4.25. The van der Waals surface area contributed by atoms with Crippen molar-refractivity contribution in [2.75, 3.05) is 6.61 Å². The van der Waals surface area contributed by atoms with Crippen molar-refractivity contribution >= 4 is 6.09 Å². The Balaban J connectivity index is 2.92. The van der Waals surface area contributed by atoms with Crippen molar-refractivity contribution in [2.24, 2.45) is 0 Å². The Morgan fingerprint density at radius 1 is 1.56 bits per heavy atom. The fourth-order valence-electron chi connectivity index (χ4n) is 1.47. The van der Waals surface area contributed by atoms with Gasteiger partial charge in [-0.3, -0.25) is 0 Å². The van der Waals surface area contributed by atoms with Gasteiger partial charge in [0.15, 0.2) is 0 Å². The van der Waals surface area contributed by atoms with Crippen LogP contribution in [0.4, 0.5) is 9.18 Å². The highest BCUT2D eigenvalue weighted by Gasteiger charge is 2.13. The third-order valence-corrected chi connectivity index (χ3v) is 2.27. The topological polar surface area (TPSA) is 69.6 Å². The number of benzene rings is 1. The molecule has 1 rings (SSSR count). The zero-order valence-corrected chi connectivity index (χ0v) is 8.90. The Bertz CT molecular complexity index is 381. The minimum atomic E-state index is -1.19. The molecule has 4 nitrogen and oxygen atoms in total. The number of amides is 1. The Hall–Kier alpha value is -1.62. The second-order valence-electron chi connectivity index (χ2n) is 3.50. The maximum absolute atomic E-state index is 13.4. The van der Waals surface area contributed by atoms with Crippen LogP contribution in [0.2, 0.25) is 0 Å². The SMILES string of the molecule is CC(NC(=O)O)c1cc(CCO)ccc1F. The van der Waals surface area contributed by atoms with E-state index in [-0.39, 0.29) is 12.2 Å². The molecule has 0 saturated heterocycles. The van der Waals surface area contributed by atoms with Crippen molar-refractivity contribution in [3.8, 4) is 0 Å². The molecule has 1 amide bonds. The van der Waals surface area contributed by atoms with Gasteiger partial charge in [0.05, 0.1) is 6.04 Å². The molecule has 0 fully saturated rings. The number of carbonyl (C=O) groups is 1. The van der Waals surface area contributed by atoms with Crippen LogP contribution >= 0.6 is 0 Å². The van der Waals surface area contributed by atoms with Crippen molar-refractivity contribution in [3.63, 3.8) is 0 Å². The van der Waals surface area contributed by atoms with Crippen molar-refractivity contribution in [1.29, 1.82) is 0 Å². The van der Waals surface area contributed by atoms with Crippen LogP contribution in [-0.2, 0) is 6.42 Å². The fourth-order valence-corrected chi connectivity index (χ4v) is 1.47. The molecule has 0 bridgehead atoms. The number of halogens is 1. The van der Waals surface area contributed by atoms with Crippen molar-refractivity contribution < 1.29 is 19.4 Å². The third kappa shape index (κ3) is 3.20. The number of aliphatic hydroxyl groups excluding tert-OH is 1. The lowest BCUT2D eigenvalue weighted by Gasteiger charge is -2.13. The zero-order valence-electron chi connectivity index (χ0n) is 8.90. The number of hydrogen-bond donors (Lipinski definition) is 3. The summed E-state index contributed by atoms with van der Waals surface area (Å²) in [5.74, 6) is -0.456. The predicted molar refractivity (Wildman–Crippen MR) is 56.8 cm³/mol. The molecule has 0 radical (unpaired) electrons. The summed E-state index contributed by atoms with van der Waals surface area (Å²) in [5.41, 5.74) is 1.06. The molecule has 3 N–H and O–H groups in total. The molecule has 5 heteroatoms. The molecule has 0 saturated carbocycles. The van der Waals surface area contributed by atoms with E-state index in [4.69, 9.17) is 10.2 Å². The van der Waals surface area contributed by atoms with Crippen LogP contribution in [0.5, 0.6) is 0 Å². The van der Waals surface area contributed by atoms with E-state index in [1.165, 1.54) is 6.07 Å². The van der Waals surface area contributed by atoms with E-state index >= 15 is 0 Å². The Morgan fingerprint density at radius 2 is 2.25 bits per heavy atom. The normalized spacial score (nSPS) is 12.2. The first-order valence-corrected chi connectivity index (χ1v) is 4.93. The first kappa shape index (κ1) is 12.4. The van der Waals surface area contributed by atoms with E-state index in [9.17, 15) is 9.18 Å². The standard InChI is InChI=1S/C11H14FNO3/c1-7(13-11(15)16)9-6-8(4-5-14)2-3-10(9)12/h2-3,6-7,13-14H,4-5H2,1H3,(H,15,16). The number of aliphatic hydroxyl groups is 1. The molecule has 0 spiro atoms. The van der Waals surface area contributed by atoms with E-state index in [1.54, 1.807) is 19.1 Å². The van der Waals surface area contributed by atoms with E-state index in [1.807, 2.05) is 0 Å². The monoisotopic (exact) mass is 227 g/mol. The average molecular weight is 227 g/mol. The maximum atomic E-state index is 13.4. The highest BCUT2D eigenvalue weighted by Crippen LogP contribution is 2.18. The molecule has 1 unspecified atom stereocenters. The van der Waals surface area contributed by atoms with Gasteiger partial charge in [0.2, 0.25) is 0 Å². The Labute approximate surface area is 92.7 Å². The number of hydrogen-bond acceptors (Lipinski definition) is 2. The van der Waals surface area contributed by atoms with Crippen LogP contribution in [0.3, 0.4) is 0 Å². The summed E-state index contributed by atoms with van der Waals surface area (Å²) in [4.78, 5) is 10.4. The fraction of sp³-hybridized carbons (Fsp3) is 0.364. The smallest absolute Gasteiger partial charge is 0.405 e. The van der Waals surface area contributed by atoms with Crippen molar-refractivity contribution in [2.45, 2.75) is 19.4 Å². The van der Waals surface area contributed by atoms with Gasteiger partial charge in [-0.25, -0.2) is 9.18 Å². The predicted octanol–water partition coefficient (Wildman–Crippen LogP) is 1.69. The van der Waals surface area contributed by atoms with Gasteiger partial charge in [0.25, 0.3) is 0 Å². The second-order valence-corrected chi connectivity index (χ2v) is 3.50. The molecule has 0 aliphatic heterocycles. The third-order valence-electron chi connectivity index (χ3n) is 2.27. The van der Waals surface area contributed by atoms with Crippen LogP contribution in [0.1, 0.15) is 24.1 Å². The number of nitrogens with one attached hydrogen (secondary N) is 1. The molecule has 0 aliphatic carbocycles. The van der Waals surface area contributed by atoms with Crippen molar-refractivity contribution in [3.05, 3.63) is 35.1 Å². The van der Waals surface area contributed by atoms with Gasteiger partial charge >= 0.3 is 6.09 Å². The number of rotatable bonds is 4. The van der Waals surface area contributed by atoms with E-state index < -0.39 is 18.0 Å².